The number of terminal acetylenes is 1. The Morgan fingerprint density at radius 3 is 3.00 bits per heavy atom. The highest BCUT2D eigenvalue weighted by atomic mass is 79.9. The Labute approximate surface area is 97.0 Å². The minimum absolute atomic E-state index is 0.206. The summed E-state index contributed by atoms with van der Waals surface area (Å²) in [6, 6.07) is 2.24. The Hall–Kier alpha value is -0.340. The summed E-state index contributed by atoms with van der Waals surface area (Å²) >= 11 is 5.19. The van der Waals surface area contributed by atoms with Gasteiger partial charge in [-0.1, -0.05) is 0 Å². The molecule has 0 fully saturated rings. The lowest BCUT2D eigenvalue weighted by molar-refractivity contribution is 0.508. The second kappa shape index (κ2) is 6.20. The number of hydrogen-bond donors (Lipinski definition) is 2. The van der Waals surface area contributed by atoms with E-state index in [0.29, 0.717) is 0 Å². The van der Waals surface area contributed by atoms with Gasteiger partial charge in [-0.2, -0.15) is 0 Å². The van der Waals surface area contributed by atoms with Crippen molar-refractivity contribution in [1.29, 1.82) is 0 Å². The van der Waals surface area contributed by atoms with Crippen LogP contribution in [-0.2, 0) is 0 Å². The van der Waals surface area contributed by atoms with Crippen molar-refractivity contribution in [3.63, 3.8) is 0 Å². The molecule has 0 aliphatic rings. The van der Waals surface area contributed by atoms with Crippen molar-refractivity contribution in [1.82, 2.24) is 5.43 Å². The van der Waals surface area contributed by atoms with Crippen molar-refractivity contribution in [3.8, 4) is 12.3 Å². The third-order valence-corrected chi connectivity index (χ3v) is 3.96. The Kier molecular flexibility index (Phi) is 5.20. The molecule has 1 rings (SSSR count). The molecule has 3 N–H and O–H groups in total. The number of hydrogen-bond acceptors (Lipinski definition) is 3. The van der Waals surface area contributed by atoms with E-state index in [1.54, 1.807) is 11.3 Å². The zero-order valence-corrected chi connectivity index (χ0v) is 10.2. The summed E-state index contributed by atoms with van der Waals surface area (Å²) in [4.78, 5) is 1.24. The molecular formula is C10H13BrN2S. The fraction of sp³-hybridized carbons (Fsp3) is 0.400. The highest BCUT2D eigenvalue weighted by molar-refractivity contribution is 9.10. The van der Waals surface area contributed by atoms with E-state index < -0.39 is 0 Å². The molecule has 0 saturated carbocycles. The molecule has 14 heavy (non-hydrogen) atoms. The zero-order chi connectivity index (χ0) is 10.4. The van der Waals surface area contributed by atoms with Crippen LogP contribution < -0.4 is 11.3 Å². The standard InChI is InChI=1S/C10H13BrN2S/c1-2-3-4-5-9(13-12)10-8(11)6-7-14-10/h1,6-7,9,13H,3-5,12H2. The monoisotopic (exact) mass is 272 g/mol. The molecule has 4 heteroatoms. The van der Waals surface area contributed by atoms with E-state index in [1.165, 1.54) is 4.88 Å². The number of halogens is 1. The molecule has 2 nitrogen and oxygen atoms in total. The highest BCUT2D eigenvalue weighted by Crippen LogP contribution is 2.31. The van der Waals surface area contributed by atoms with Gasteiger partial charge < -0.3 is 0 Å². The third kappa shape index (κ3) is 3.10. The average molecular weight is 273 g/mol. The lowest BCUT2D eigenvalue weighted by atomic mass is 10.1. The molecule has 1 unspecified atom stereocenters. The molecule has 1 atom stereocenters. The minimum atomic E-state index is 0.206. The van der Waals surface area contributed by atoms with E-state index in [4.69, 9.17) is 12.3 Å². The first-order chi connectivity index (χ1) is 6.79. The van der Waals surface area contributed by atoms with E-state index in [2.05, 4.69) is 27.3 Å². The normalized spacial score (nSPS) is 12.4. The Bertz CT molecular complexity index is 316. The SMILES string of the molecule is C#CCCCC(NN)c1sccc1Br. The topological polar surface area (TPSA) is 38.0 Å². The molecule has 0 amide bonds. The van der Waals surface area contributed by atoms with Crippen LogP contribution in [0.2, 0.25) is 0 Å². The van der Waals surface area contributed by atoms with Crippen LogP contribution in [0.4, 0.5) is 0 Å². The molecular weight excluding hydrogens is 260 g/mol. The molecule has 0 aromatic carbocycles. The number of unbranched alkanes of at least 4 members (excludes halogenated alkanes) is 1. The van der Waals surface area contributed by atoms with E-state index >= 15 is 0 Å². The van der Waals surface area contributed by atoms with Crippen LogP contribution in [0.3, 0.4) is 0 Å². The van der Waals surface area contributed by atoms with E-state index in [1.807, 2.05) is 11.4 Å². The lowest BCUT2D eigenvalue weighted by Crippen LogP contribution is -2.27. The maximum absolute atomic E-state index is 5.50. The van der Waals surface area contributed by atoms with E-state index in [9.17, 15) is 0 Å². The average Bonchev–Trinajstić information content (AvgIpc) is 2.60. The Balaban J connectivity index is 2.55. The quantitative estimate of drug-likeness (QED) is 0.375. The molecule has 0 radical (unpaired) electrons. The van der Waals surface area contributed by atoms with Gasteiger partial charge in [-0.05, 0) is 40.2 Å². The maximum Gasteiger partial charge on any atom is 0.0564 e. The number of nitrogens with two attached hydrogens (primary N) is 1. The van der Waals surface area contributed by atoms with Crippen molar-refractivity contribution in [2.75, 3.05) is 0 Å². The second-order valence-electron chi connectivity index (χ2n) is 2.95. The van der Waals surface area contributed by atoms with Crippen LogP contribution in [0.25, 0.3) is 0 Å². The van der Waals surface area contributed by atoms with Gasteiger partial charge >= 0.3 is 0 Å². The van der Waals surface area contributed by atoms with Gasteiger partial charge in [0.05, 0.1) is 6.04 Å². The van der Waals surface area contributed by atoms with Gasteiger partial charge in [-0.25, -0.2) is 0 Å². The molecule has 0 aliphatic heterocycles. The minimum Gasteiger partial charge on any atom is -0.271 e. The highest BCUT2D eigenvalue weighted by Gasteiger charge is 2.13. The first-order valence-electron chi connectivity index (χ1n) is 4.42. The van der Waals surface area contributed by atoms with E-state index in [0.717, 1.165) is 23.7 Å². The summed E-state index contributed by atoms with van der Waals surface area (Å²) in [6.45, 7) is 0. The van der Waals surface area contributed by atoms with Gasteiger partial charge in [0.15, 0.2) is 0 Å². The van der Waals surface area contributed by atoms with Gasteiger partial charge in [-0.3, -0.25) is 11.3 Å². The molecule has 76 valence electrons. The summed E-state index contributed by atoms with van der Waals surface area (Å²) in [5, 5.41) is 2.05. The van der Waals surface area contributed by atoms with Crippen LogP contribution >= 0.6 is 27.3 Å². The van der Waals surface area contributed by atoms with E-state index in [-0.39, 0.29) is 6.04 Å². The summed E-state index contributed by atoms with van der Waals surface area (Å²) in [7, 11) is 0. The smallest absolute Gasteiger partial charge is 0.0564 e. The molecule has 0 spiro atoms. The molecule has 1 aromatic heterocycles. The second-order valence-corrected chi connectivity index (χ2v) is 4.75. The third-order valence-electron chi connectivity index (χ3n) is 1.98. The van der Waals surface area contributed by atoms with Crippen molar-refractivity contribution < 1.29 is 0 Å². The molecule has 1 aromatic rings. The van der Waals surface area contributed by atoms with Crippen LogP contribution in [-0.4, -0.2) is 0 Å². The predicted octanol–water partition coefficient (Wildman–Crippen LogP) is 2.82. The van der Waals surface area contributed by atoms with Crippen LogP contribution in [0.5, 0.6) is 0 Å². The largest absolute Gasteiger partial charge is 0.271 e. The van der Waals surface area contributed by atoms with Gasteiger partial charge in [0, 0.05) is 15.8 Å². The Morgan fingerprint density at radius 1 is 1.71 bits per heavy atom. The first-order valence-corrected chi connectivity index (χ1v) is 6.09. The first kappa shape index (κ1) is 11.7. The Morgan fingerprint density at radius 2 is 2.50 bits per heavy atom. The van der Waals surface area contributed by atoms with Crippen molar-refractivity contribution in [2.24, 2.45) is 5.84 Å². The number of hydrazine groups is 1. The molecule has 0 aliphatic carbocycles. The molecule has 0 bridgehead atoms. The van der Waals surface area contributed by atoms with Crippen LogP contribution in [0, 0.1) is 12.3 Å². The molecule has 1 heterocycles. The predicted molar refractivity (Wildman–Crippen MR) is 64.8 cm³/mol. The van der Waals surface area contributed by atoms with Gasteiger partial charge in [0.2, 0.25) is 0 Å². The number of rotatable bonds is 5. The van der Waals surface area contributed by atoms with Crippen molar-refractivity contribution in [3.05, 3.63) is 20.8 Å². The van der Waals surface area contributed by atoms with Crippen molar-refractivity contribution >= 4 is 27.3 Å². The fourth-order valence-corrected chi connectivity index (χ4v) is 3.00. The van der Waals surface area contributed by atoms with Gasteiger partial charge in [0.25, 0.3) is 0 Å². The van der Waals surface area contributed by atoms with Gasteiger partial charge in [0.1, 0.15) is 0 Å². The number of thiophene rings is 1. The van der Waals surface area contributed by atoms with Crippen molar-refractivity contribution in [2.45, 2.75) is 25.3 Å². The maximum atomic E-state index is 5.50. The lowest BCUT2D eigenvalue weighted by Gasteiger charge is -2.13. The zero-order valence-electron chi connectivity index (χ0n) is 7.79. The summed E-state index contributed by atoms with van der Waals surface area (Å²) in [5.41, 5.74) is 2.82. The van der Waals surface area contributed by atoms with Crippen LogP contribution in [0.1, 0.15) is 30.2 Å². The summed E-state index contributed by atoms with van der Waals surface area (Å²) in [5.74, 6) is 8.13. The summed E-state index contributed by atoms with van der Waals surface area (Å²) in [6.07, 6.45) is 7.97. The number of nitrogens with one attached hydrogen (secondary N) is 1. The molecule has 0 saturated heterocycles. The van der Waals surface area contributed by atoms with Crippen LogP contribution in [0.15, 0.2) is 15.9 Å². The van der Waals surface area contributed by atoms with Gasteiger partial charge in [-0.15, -0.1) is 23.7 Å². The fourth-order valence-electron chi connectivity index (χ4n) is 1.25. The summed E-state index contributed by atoms with van der Waals surface area (Å²) < 4.78 is 1.12.